The molecule has 1 aromatic heterocycles. The molecule has 0 bridgehead atoms. The molecule has 4 nitrogen and oxygen atoms in total. The van der Waals surface area contributed by atoms with Crippen LogP contribution in [0.2, 0.25) is 0 Å². The van der Waals surface area contributed by atoms with Crippen molar-refractivity contribution in [2.24, 2.45) is 0 Å². The van der Waals surface area contributed by atoms with Crippen LogP contribution in [0, 0.1) is 0 Å². The van der Waals surface area contributed by atoms with Gasteiger partial charge in [0, 0.05) is 11.0 Å². The maximum Gasteiger partial charge on any atom is 0.371 e. The van der Waals surface area contributed by atoms with Crippen molar-refractivity contribution in [3.05, 3.63) is 58.0 Å². The highest BCUT2D eigenvalue weighted by atomic mass is 79.9. The molecule has 0 aliphatic heterocycles. The van der Waals surface area contributed by atoms with Gasteiger partial charge in [0.15, 0.2) is 0 Å². The number of carboxylic acid groups (broad SMARTS) is 1. The van der Waals surface area contributed by atoms with Gasteiger partial charge in [0.25, 0.3) is 0 Å². The van der Waals surface area contributed by atoms with Gasteiger partial charge in [-0.15, -0.1) is 0 Å². The Labute approximate surface area is 126 Å². The fourth-order valence-electron chi connectivity index (χ4n) is 1.94. The molecule has 0 saturated carbocycles. The molecule has 1 unspecified atom stereocenters. The van der Waals surface area contributed by atoms with Gasteiger partial charge in [0.1, 0.15) is 5.76 Å². The minimum absolute atomic E-state index is 0.00444. The van der Waals surface area contributed by atoms with Crippen LogP contribution in [-0.4, -0.2) is 23.0 Å². The zero-order valence-corrected chi connectivity index (χ0v) is 12.9. The molecule has 20 heavy (non-hydrogen) atoms. The van der Waals surface area contributed by atoms with Gasteiger partial charge in [0.2, 0.25) is 5.76 Å². The van der Waals surface area contributed by atoms with Gasteiger partial charge in [-0.3, -0.25) is 4.90 Å². The third kappa shape index (κ3) is 3.29. The Hall–Kier alpha value is -1.59. The average Bonchev–Trinajstić information content (AvgIpc) is 2.90. The Morgan fingerprint density at radius 1 is 1.35 bits per heavy atom. The van der Waals surface area contributed by atoms with E-state index in [-0.39, 0.29) is 11.8 Å². The lowest BCUT2D eigenvalue weighted by Gasteiger charge is -2.23. The van der Waals surface area contributed by atoms with E-state index < -0.39 is 5.97 Å². The van der Waals surface area contributed by atoms with Crippen LogP contribution in [0.25, 0.3) is 0 Å². The number of hydrogen-bond acceptors (Lipinski definition) is 3. The highest BCUT2D eigenvalue weighted by Gasteiger charge is 2.18. The van der Waals surface area contributed by atoms with Crippen LogP contribution >= 0.6 is 15.9 Å². The van der Waals surface area contributed by atoms with E-state index in [1.807, 2.05) is 32.2 Å². The molecule has 5 heteroatoms. The summed E-state index contributed by atoms with van der Waals surface area (Å²) >= 11 is 3.53. The highest BCUT2D eigenvalue weighted by molar-refractivity contribution is 9.10. The Bertz CT molecular complexity index is 609. The second-order valence-corrected chi connectivity index (χ2v) is 5.54. The zero-order chi connectivity index (χ0) is 14.7. The van der Waals surface area contributed by atoms with Crippen molar-refractivity contribution in [1.82, 2.24) is 4.90 Å². The first kappa shape index (κ1) is 14.8. The molecule has 2 rings (SSSR count). The summed E-state index contributed by atoms with van der Waals surface area (Å²) < 4.78 is 6.40. The number of carboxylic acids is 1. The number of benzene rings is 1. The number of halogens is 1. The topological polar surface area (TPSA) is 53.7 Å². The van der Waals surface area contributed by atoms with Crippen LogP contribution in [0.1, 0.15) is 34.8 Å². The minimum atomic E-state index is -1.04. The number of aromatic carboxylic acids is 1. The fourth-order valence-corrected chi connectivity index (χ4v) is 2.35. The summed E-state index contributed by atoms with van der Waals surface area (Å²) in [5.74, 6) is -0.421. The van der Waals surface area contributed by atoms with Gasteiger partial charge in [0.05, 0.1) is 6.04 Å². The molecule has 1 heterocycles. The second-order valence-electron chi connectivity index (χ2n) is 4.69. The van der Waals surface area contributed by atoms with Crippen LogP contribution in [0.4, 0.5) is 0 Å². The Morgan fingerprint density at radius 3 is 2.65 bits per heavy atom. The summed E-state index contributed by atoms with van der Waals surface area (Å²) in [4.78, 5) is 12.9. The van der Waals surface area contributed by atoms with E-state index in [1.54, 1.807) is 6.07 Å². The number of carbonyl (C=O) groups is 1. The van der Waals surface area contributed by atoms with Gasteiger partial charge < -0.3 is 9.52 Å². The van der Waals surface area contributed by atoms with Gasteiger partial charge in [-0.1, -0.05) is 34.1 Å². The Morgan fingerprint density at radius 2 is 2.05 bits per heavy atom. The molecular formula is C15H16BrNO3. The first-order valence-corrected chi connectivity index (χ1v) is 7.05. The second kappa shape index (κ2) is 6.24. The van der Waals surface area contributed by atoms with E-state index in [9.17, 15) is 4.79 Å². The van der Waals surface area contributed by atoms with E-state index in [0.717, 1.165) is 11.0 Å². The Balaban J connectivity index is 2.10. The average molecular weight is 338 g/mol. The summed E-state index contributed by atoms with van der Waals surface area (Å²) in [5.41, 5.74) is 1.17. The van der Waals surface area contributed by atoms with Crippen molar-refractivity contribution < 1.29 is 14.3 Å². The lowest BCUT2D eigenvalue weighted by Crippen LogP contribution is -2.21. The molecule has 0 fully saturated rings. The van der Waals surface area contributed by atoms with Gasteiger partial charge in [-0.25, -0.2) is 4.79 Å². The number of rotatable bonds is 5. The maximum absolute atomic E-state index is 10.8. The lowest BCUT2D eigenvalue weighted by atomic mass is 10.1. The highest BCUT2D eigenvalue weighted by Crippen LogP contribution is 2.25. The quantitative estimate of drug-likeness (QED) is 0.897. The van der Waals surface area contributed by atoms with Crippen molar-refractivity contribution in [2.75, 3.05) is 7.05 Å². The molecular weight excluding hydrogens is 322 g/mol. The van der Waals surface area contributed by atoms with Gasteiger partial charge in [-0.05, 0) is 37.7 Å². The van der Waals surface area contributed by atoms with E-state index in [1.165, 1.54) is 11.6 Å². The van der Waals surface area contributed by atoms with E-state index in [4.69, 9.17) is 9.52 Å². The molecule has 0 amide bonds. The summed E-state index contributed by atoms with van der Waals surface area (Å²) in [5, 5.41) is 8.88. The molecule has 1 aromatic carbocycles. The molecule has 1 atom stereocenters. The van der Waals surface area contributed by atoms with Crippen LogP contribution in [-0.2, 0) is 6.54 Å². The predicted octanol–water partition coefficient (Wildman–Crippen LogP) is 3.93. The van der Waals surface area contributed by atoms with Crippen LogP contribution in [0.3, 0.4) is 0 Å². The molecule has 0 spiro atoms. The molecule has 0 aliphatic rings. The largest absolute Gasteiger partial charge is 0.475 e. The monoisotopic (exact) mass is 337 g/mol. The smallest absolute Gasteiger partial charge is 0.371 e. The molecule has 0 aliphatic carbocycles. The first-order valence-electron chi connectivity index (χ1n) is 6.25. The number of furan rings is 1. The normalized spacial score (nSPS) is 12.6. The Kier molecular flexibility index (Phi) is 4.62. The predicted molar refractivity (Wildman–Crippen MR) is 79.7 cm³/mol. The van der Waals surface area contributed by atoms with Crippen LogP contribution in [0.15, 0.2) is 45.3 Å². The zero-order valence-electron chi connectivity index (χ0n) is 11.3. The summed E-state index contributed by atoms with van der Waals surface area (Å²) in [6, 6.07) is 11.2. The maximum atomic E-state index is 10.8. The van der Waals surface area contributed by atoms with Crippen molar-refractivity contribution >= 4 is 21.9 Å². The van der Waals surface area contributed by atoms with Crippen LogP contribution < -0.4 is 0 Å². The third-order valence-electron chi connectivity index (χ3n) is 3.29. The third-order valence-corrected chi connectivity index (χ3v) is 4.06. The molecule has 1 N–H and O–H groups in total. The number of nitrogens with zero attached hydrogens (tertiary/aromatic N) is 1. The number of hydrogen-bond donors (Lipinski definition) is 1. The molecule has 2 aromatic rings. The summed E-state index contributed by atoms with van der Waals surface area (Å²) in [6.07, 6.45) is 0. The summed E-state index contributed by atoms with van der Waals surface area (Å²) in [6.45, 7) is 2.73. The van der Waals surface area contributed by atoms with Crippen molar-refractivity contribution in [1.29, 1.82) is 0 Å². The van der Waals surface area contributed by atoms with Gasteiger partial charge in [-0.2, -0.15) is 0 Å². The van der Waals surface area contributed by atoms with Crippen LogP contribution in [0.5, 0.6) is 0 Å². The molecule has 106 valence electrons. The van der Waals surface area contributed by atoms with E-state index >= 15 is 0 Å². The van der Waals surface area contributed by atoms with Crippen molar-refractivity contribution in [3.63, 3.8) is 0 Å². The molecule has 0 radical (unpaired) electrons. The van der Waals surface area contributed by atoms with Gasteiger partial charge >= 0.3 is 5.97 Å². The first-order chi connectivity index (χ1) is 9.49. The summed E-state index contributed by atoms with van der Waals surface area (Å²) in [7, 11) is 1.98. The SMILES string of the molecule is CC(c1ccc(C(=O)O)o1)N(C)Cc1ccccc1Br. The lowest BCUT2D eigenvalue weighted by molar-refractivity contribution is 0.0656. The van der Waals surface area contributed by atoms with Crippen molar-refractivity contribution in [3.8, 4) is 0 Å². The minimum Gasteiger partial charge on any atom is -0.475 e. The standard InChI is InChI=1S/C15H16BrNO3/c1-10(13-7-8-14(20-13)15(18)19)17(2)9-11-5-3-4-6-12(11)16/h3-8,10H,9H2,1-2H3,(H,18,19). The molecule has 0 saturated heterocycles. The van der Waals surface area contributed by atoms with E-state index in [2.05, 4.69) is 26.9 Å². The fraction of sp³-hybridized carbons (Fsp3) is 0.267. The van der Waals surface area contributed by atoms with Crippen molar-refractivity contribution in [2.45, 2.75) is 19.5 Å². The van der Waals surface area contributed by atoms with E-state index in [0.29, 0.717) is 5.76 Å².